The predicted molar refractivity (Wildman–Crippen MR) is 60.2 cm³/mol. The Morgan fingerprint density at radius 3 is 2.57 bits per heavy atom. The average Bonchev–Trinajstić information content (AvgIpc) is 2.16. The Bertz CT molecular complexity index is 341. The lowest BCUT2D eigenvalue weighted by Crippen LogP contribution is -2.25. The van der Waals surface area contributed by atoms with E-state index in [0.29, 0.717) is 6.42 Å². The average molecular weight is 190 g/mol. The summed E-state index contributed by atoms with van der Waals surface area (Å²) in [5.74, 6) is 0. The highest BCUT2D eigenvalue weighted by Gasteiger charge is 2.27. The molecule has 0 amide bonds. The van der Waals surface area contributed by atoms with Crippen LogP contribution in [0.25, 0.3) is 0 Å². The van der Waals surface area contributed by atoms with E-state index in [9.17, 15) is 5.11 Å². The van der Waals surface area contributed by atoms with Gasteiger partial charge in [-0.05, 0) is 31.4 Å². The van der Waals surface area contributed by atoms with E-state index < -0.39 is 5.60 Å². The molecule has 0 aromatic heterocycles. The Kier molecular flexibility index (Phi) is 3.12. The van der Waals surface area contributed by atoms with Crippen molar-refractivity contribution < 1.29 is 5.11 Å². The summed E-state index contributed by atoms with van der Waals surface area (Å²) in [6, 6.07) is 7.95. The minimum absolute atomic E-state index is 0.659. The van der Waals surface area contributed by atoms with Gasteiger partial charge in [0, 0.05) is 0 Å². The smallest absolute Gasteiger partial charge is 0.110 e. The Hall–Kier alpha value is -1.08. The molecular formula is C13H18O. The lowest BCUT2D eigenvalue weighted by molar-refractivity contribution is 0.0724. The first kappa shape index (κ1) is 11.0. The molecule has 0 heterocycles. The zero-order chi connectivity index (χ0) is 10.8. The molecule has 1 aromatic rings. The van der Waals surface area contributed by atoms with Crippen molar-refractivity contribution in [3.05, 3.63) is 47.5 Å². The van der Waals surface area contributed by atoms with Gasteiger partial charge >= 0.3 is 0 Å². The summed E-state index contributed by atoms with van der Waals surface area (Å²) in [7, 11) is 0. The van der Waals surface area contributed by atoms with Gasteiger partial charge in [0.1, 0.15) is 5.60 Å². The van der Waals surface area contributed by atoms with E-state index in [2.05, 4.69) is 6.58 Å². The van der Waals surface area contributed by atoms with Gasteiger partial charge in [-0.2, -0.15) is 0 Å². The third kappa shape index (κ3) is 1.88. The van der Waals surface area contributed by atoms with E-state index >= 15 is 0 Å². The molecule has 0 aliphatic carbocycles. The number of hydrogen-bond acceptors (Lipinski definition) is 1. The molecule has 76 valence electrons. The summed E-state index contributed by atoms with van der Waals surface area (Å²) in [4.78, 5) is 0. The maximum Gasteiger partial charge on any atom is 0.110 e. The number of benzene rings is 1. The Balaban J connectivity index is 3.19. The van der Waals surface area contributed by atoms with E-state index in [4.69, 9.17) is 0 Å². The second-order valence-corrected chi connectivity index (χ2v) is 3.86. The van der Waals surface area contributed by atoms with Crippen molar-refractivity contribution in [2.75, 3.05) is 0 Å². The van der Waals surface area contributed by atoms with Gasteiger partial charge in [-0.25, -0.2) is 0 Å². The van der Waals surface area contributed by atoms with Crippen molar-refractivity contribution in [2.24, 2.45) is 0 Å². The van der Waals surface area contributed by atoms with Gasteiger partial charge in [0.25, 0.3) is 0 Å². The summed E-state index contributed by atoms with van der Waals surface area (Å²) in [6.45, 7) is 9.72. The van der Waals surface area contributed by atoms with Crippen LogP contribution in [0.2, 0.25) is 0 Å². The van der Waals surface area contributed by atoms with Crippen LogP contribution < -0.4 is 0 Å². The molecule has 1 aromatic carbocycles. The monoisotopic (exact) mass is 190 g/mol. The van der Waals surface area contributed by atoms with E-state index in [1.165, 1.54) is 0 Å². The van der Waals surface area contributed by atoms with Crippen LogP contribution in [0.4, 0.5) is 0 Å². The minimum atomic E-state index is -0.869. The summed E-state index contributed by atoms with van der Waals surface area (Å²) in [5, 5.41) is 10.4. The molecule has 1 N–H and O–H groups in total. The second kappa shape index (κ2) is 3.97. The van der Waals surface area contributed by atoms with Crippen LogP contribution in [-0.2, 0) is 5.60 Å². The standard InChI is InChI=1S/C13H18O/c1-5-13(14,10(2)3)12-8-6-7-11(4)9-12/h6-9,14H,2,5H2,1,3-4H3. The third-order valence-corrected chi connectivity index (χ3v) is 2.71. The largest absolute Gasteiger partial charge is 0.381 e. The molecule has 0 bridgehead atoms. The van der Waals surface area contributed by atoms with E-state index in [1.54, 1.807) is 0 Å². The Morgan fingerprint density at radius 1 is 1.50 bits per heavy atom. The first-order valence-corrected chi connectivity index (χ1v) is 4.96. The maximum absolute atomic E-state index is 10.4. The zero-order valence-corrected chi connectivity index (χ0v) is 9.17. The Labute approximate surface area is 86.1 Å². The van der Waals surface area contributed by atoms with Crippen LogP contribution in [-0.4, -0.2) is 5.11 Å². The second-order valence-electron chi connectivity index (χ2n) is 3.86. The molecule has 1 heteroatoms. The van der Waals surface area contributed by atoms with E-state index in [0.717, 1.165) is 16.7 Å². The van der Waals surface area contributed by atoms with Gasteiger partial charge in [0.2, 0.25) is 0 Å². The molecule has 0 saturated carbocycles. The maximum atomic E-state index is 10.4. The van der Waals surface area contributed by atoms with Crippen molar-refractivity contribution in [2.45, 2.75) is 32.8 Å². The van der Waals surface area contributed by atoms with Gasteiger partial charge in [0.15, 0.2) is 0 Å². The highest BCUT2D eigenvalue weighted by molar-refractivity contribution is 5.33. The van der Waals surface area contributed by atoms with Crippen LogP contribution in [0.15, 0.2) is 36.4 Å². The third-order valence-electron chi connectivity index (χ3n) is 2.71. The molecule has 1 unspecified atom stereocenters. The summed E-state index contributed by atoms with van der Waals surface area (Å²) < 4.78 is 0. The van der Waals surface area contributed by atoms with Gasteiger partial charge < -0.3 is 5.11 Å². The molecule has 0 saturated heterocycles. The fourth-order valence-electron chi connectivity index (χ4n) is 1.65. The molecule has 1 atom stereocenters. The highest BCUT2D eigenvalue weighted by atomic mass is 16.3. The summed E-state index contributed by atoms with van der Waals surface area (Å²) >= 11 is 0. The molecule has 0 spiro atoms. The summed E-state index contributed by atoms with van der Waals surface area (Å²) in [6.07, 6.45) is 0.659. The minimum Gasteiger partial charge on any atom is -0.381 e. The predicted octanol–water partition coefficient (Wildman–Crippen LogP) is 3.17. The van der Waals surface area contributed by atoms with E-state index in [-0.39, 0.29) is 0 Å². The van der Waals surface area contributed by atoms with Gasteiger partial charge in [-0.1, -0.05) is 43.3 Å². The Morgan fingerprint density at radius 2 is 2.14 bits per heavy atom. The lowest BCUT2D eigenvalue weighted by Gasteiger charge is -2.28. The fourth-order valence-corrected chi connectivity index (χ4v) is 1.65. The molecular weight excluding hydrogens is 172 g/mol. The van der Waals surface area contributed by atoms with Crippen molar-refractivity contribution in [3.63, 3.8) is 0 Å². The normalized spacial score (nSPS) is 14.9. The van der Waals surface area contributed by atoms with Crippen LogP contribution in [0.5, 0.6) is 0 Å². The highest BCUT2D eigenvalue weighted by Crippen LogP contribution is 2.31. The topological polar surface area (TPSA) is 20.2 Å². The first-order chi connectivity index (χ1) is 6.50. The molecule has 0 aliphatic heterocycles. The lowest BCUT2D eigenvalue weighted by atomic mass is 9.85. The number of hydrogen-bond donors (Lipinski definition) is 1. The van der Waals surface area contributed by atoms with Crippen molar-refractivity contribution in [3.8, 4) is 0 Å². The molecule has 0 aliphatic rings. The quantitative estimate of drug-likeness (QED) is 0.726. The van der Waals surface area contributed by atoms with Crippen LogP contribution in [0.1, 0.15) is 31.4 Å². The van der Waals surface area contributed by atoms with E-state index in [1.807, 2.05) is 45.0 Å². The first-order valence-electron chi connectivity index (χ1n) is 4.96. The zero-order valence-electron chi connectivity index (χ0n) is 9.17. The molecule has 14 heavy (non-hydrogen) atoms. The van der Waals surface area contributed by atoms with Crippen LogP contribution in [0, 0.1) is 6.92 Å². The van der Waals surface area contributed by atoms with Crippen LogP contribution >= 0.6 is 0 Å². The fraction of sp³-hybridized carbons (Fsp3) is 0.385. The molecule has 0 fully saturated rings. The molecule has 0 radical (unpaired) electrons. The summed E-state index contributed by atoms with van der Waals surface area (Å²) in [5.41, 5.74) is 2.03. The van der Waals surface area contributed by atoms with Gasteiger partial charge in [-0.3, -0.25) is 0 Å². The van der Waals surface area contributed by atoms with Crippen molar-refractivity contribution in [1.82, 2.24) is 0 Å². The van der Waals surface area contributed by atoms with Crippen molar-refractivity contribution >= 4 is 0 Å². The van der Waals surface area contributed by atoms with Gasteiger partial charge in [-0.15, -0.1) is 0 Å². The molecule has 1 nitrogen and oxygen atoms in total. The number of rotatable bonds is 3. The van der Waals surface area contributed by atoms with Crippen molar-refractivity contribution in [1.29, 1.82) is 0 Å². The number of aryl methyl sites for hydroxylation is 1. The molecule has 1 rings (SSSR count). The van der Waals surface area contributed by atoms with Gasteiger partial charge in [0.05, 0.1) is 0 Å². The number of aliphatic hydroxyl groups is 1. The SMILES string of the molecule is C=C(C)C(O)(CC)c1cccc(C)c1. The van der Waals surface area contributed by atoms with Crippen LogP contribution in [0.3, 0.4) is 0 Å².